The van der Waals surface area contributed by atoms with Gasteiger partial charge in [-0.15, -0.1) is 0 Å². The molecule has 1 aromatic carbocycles. The van der Waals surface area contributed by atoms with Crippen molar-refractivity contribution in [3.05, 3.63) is 78.0 Å². The molecule has 0 unspecified atom stereocenters. The summed E-state index contributed by atoms with van der Waals surface area (Å²) in [7, 11) is 0. The number of carbonyl (C=O) groups is 3. The summed E-state index contributed by atoms with van der Waals surface area (Å²) in [6.45, 7) is 2.85. The lowest BCUT2D eigenvalue weighted by Crippen LogP contribution is -2.41. The number of pyridine rings is 1. The Morgan fingerprint density at radius 2 is 1.78 bits per heavy atom. The summed E-state index contributed by atoms with van der Waals surface area (Å²) in [5.74, 6) is -0.474. The molecule has 0 spiro atoms. The molecule has 8 nitrogen and oxygen atoms in total. The van der Waals surface area contributed by atoms with Gasteiger partial charge in [-0.1, -0.05) is 6.07 Å². The standard InChI is InChI=1S/C24H24N4O4/c1-16-4-5-18(15-20(16)27-23(30)21-3-2-14-32-21)24(31)28-12-8-17(9-13-28)22(29)26-19-6-10-25-11-7-19/h2-7,10-11,14-15,17H,8-9,12-13H2,1H3,(H,27,30)(H,25,26,29). The number of rotatable bonds is 5. The Kier molecular flexibility index (Phi) is 6.30. The average molecular weight is 432 g/mol. The first kappa shape index (κ1) is 21.3. The van der Waals surface area contributed by atoms with Crippen LogP contribution < -0.4 is 10.6 Å². The lowest BCUT2D eigenvalue weighted by molar-refractivity contribution is -0.121. The SMILES string of the molecule is Cc1ccc(C(=O)N2CCC(C(=O)Nc3ccncc3)CC2)cc1NC(=O)c1ccco1. The second kappa shape index (κ2) is 9.47. The molecule has 0 atom stereocenters. The zero-order chi connectivity index (χ0) is 22.5. The fourth-order valence-electron chi connectivity index (χ4n) is 3.69. The maximum absolute atomic E-state index is 13.0. The number of anilines is 2. The number of amides is 3. The lowest BCUT2D eigenvalue weighted by Gasteiger charge is -2.31. The molecule has 2 N–H and O–H groups in total. The molecule has 164 valence electrons. The molecule has 1 saturated heterocycles. The van der Waals surface area contributed by atoms with Crippen LogP contribution in [0.3, 0.4) is 0 Å². The third-order valence-corrected chi connectivity index (χ3v) is 5.58. The van der Waals surface area contributed by atoms with Crippen molar-refractivity contribution >= 4 is 29.1 Å². The van der Waals surface area contributed by atoms with Crippen molar-refractivity contribution in [2.24, 2.45) is 5.92 Å². The highest BCUT2D eigenvalue weighted by Crippen LogP contribution is 2.23. The van der Waals surface area contributed by atoms with Crippen LogP contribution in [-0.2, 0) is 4.79 Å². The number of nitrogens with zero attached hydrogens (tertiary/aromatic N) is 2. The van der Waals surface area contributed by atoms with E-state index in [1.165, 1.54) is 6.26 Å². The molecular weight excluding hydrogens is 408 g/mol. The topological polar surface area (TPSA) is 105 Å². The predicted molar refractivity (Wildman–Crippen MR) is 119 cm³/mol. The van der Waals surface area contributed by atoms with E-state index >= 15 is 0 Å². The molecule has 3 aromatic rings. The molecule has 3 heterocycles. The number of carbonyl (C=O) groups excluding carboxylic acids is 3. The summed E-state index contributed by atoms with van der Waals surface area (Å²) in [4.78, 5) is 43.5. The van der Waals surface area contributed by atoms with Gasteiger partial charge in [-0.05, 0) is 61.7 Å². The first-order valence-corrected chi connectivity index (χ1v) is 10.5. The van der Waals surface area contributed by atoms with Crippen LogP contribution in [0.25, 0.3) is 0 Å². The van der Waals surface area contributed by atoms with E-state index in [4.69, 9.17) is 4.42 Å². The van der Waals surface area contributed by atoms with Crippen LogP contribution in [0, 0.1) is 12.8 Å². The molecule has 1 fully saturated rings. The highest BCUT2D eigenvalue weighted by atomic mass is 16.3. The Hall–Kier alpha value is -3.94. The summed E-state index contributed by atoms with van der Waals surface area (Å²) in [6.07, 6.45) is 5.88. The van der Waals surface area contributed by atoms with Crippen molar-refractivity contribution in [2.75, 3.05) is 23.7 Å². The first-order chi connectivity index (χ1) is 15.5. The van der Waals surface area contributed by atoms with Crippen molar-refractivity contribution in [3.8, 4) is 0 Å². The van der Waals surface area contributed by atoms with E-state index in [1.807, 2.05) is 6.92 Å². The van der Waals surface area contributed by atoms with E-state index in [0.717, 1.165) is 5.56 Å². The monoisotopic (exact) mass is 432 g/mol. The Morgan fingerprint density at radius 3 is 2.47 bits per heavy atom. The number of furan rings is 1. The molecule has 32 heavy (non-hydrogen) atoms. The molecule has 1 aliphatic rings. The second-order valence-corrected chi connectivity index (χ2v) is 7.75. The van der Waals surface area contributed by atoms with E-state index < -0.39 is 0 Å². The molecular formula is C24H24N4O4. The van der Waals surface area contributed by atoms with Gasteiger partial charge in [0.05, 0.1) is 6.26 Å². The van der Waals surface area contributed by atoms with Crippen molar-refractivity contribution in [2.45, 2.75) is 19.8 Å². The minimum atomic E-state index is -0.372. The van der Waals surface area contributed by atoms with Crippen LogP contribution in [0.2, 0.25) is 0 Å². The largest absolute Gasteiger partial charge is 0.459 e. The van der Waals surface area contributed by atoms with E-state index in [0.29, 0.717) is 42.9 Å². The molecule has 2 aromatic heterocycles. The molecule has 0 radical (unpaired) electrons. The van der Waals surface area contributed by atoms with Gasteiger partial charge in [-0.3, -0.25) is 19.4 Å². The number of hydrogen-bond donors (Lipinski definition) is 2. The van der Waals surface area contributed by atoms with Gasteiger partial charge in [0.2, 0.25) is 5.91 Å². The molecule has 8 heteroatoms. The molecule has 0 aliphatic carbocycles. The first-order valence-electron chi connectivity index (χ1n) is 10.5. The number of aromatic nitrogens is 1. The number of hydrogen-bond acceptors (Lipinski definition) is 5. The third kappa shape index (κ3) is 4.85. The Balaban J connectivity index is 1.36. The number of benzene rings is 1. The van der Waals surface area contributed by atoms with Crippen molar-refractivity contribution in [1.29, 1.82) is 0 Å². The van der Waals surface area contributed by atoms with Crippen molar-refractivity contribution in [1.82, 2.24) is 9.88 Å². The molecule has 3 amide bonds. The summed E-state index contributed by atoms with van der Waals surface area (Å²) in [5, 5.41) is 5.70. The average Bonchev–Trinajstić information content (AvgIpc) is 3.36. The fraction of sp³-hybridized carbons (Fsp3) is 0.250. The maximum atomic E-state index is 13.0. The van der Waals surface area contributed by atoms with E-state index in [2.05, 4.69) is 15.6 Å². The number of piperidine rings is 1. The summed E-state index contributed by atoms with van der Waals surface area (Å²) >= 11 is 0. The Bertz CT molecular complexity index is 1100. The summed E-state index contributed by atoms with van der Waals surface area (Å²) in [5.41, 5.74) is 2.61. The van der Waals surface area contributed by atoms with Gasteiger partial charge in [-0.25, -0.2) is 0 Å². The van der Waals surface area contributed by atoms with Gasteiger partial charge < -0.3 is 20.0 Å². The van der Waals surface area contributed by atoms with Crippen LogP contribution in [0.1, 0.15) is 39.3 Å². The van der Waals surface area contributed by atoms with Crippen molar-refractivity contribution in [3.63, 3.8) is 0 Å². The zero-order valence-corrected chi connectivity index (χ0v) is 17.7. The van der Waals surface area contributed by atoms with Gasteiger partial charge in [0.1, 0.15) is 0 Å². The number of likely N-dealkylation sites (tertiary alicyclic amines) is 1. The van der Waals surface area contributed by atoms with Gasteiger partial charge in [-0.2, -0.15) is 0 Å². The van der Waals surface area contributed by atoms with Gasteiger partial charge in [0, 0.05) is 48.3 Å². The van der Waals surface area contributed by atoms with E-state index in [1.54, 1.807) is 59.8 Å². The summed E-state index contributed by atoms with van der Waals surface area (Å²) in [6, 6.07) is 12.0. The zero-order valence-electron chi connectivity index (χ0n) is 17.7. The van der Waals surface area contributed by atoms with Crippen LogP contribution in [0.4, 0.5) is 11.4 Å². The van der Waals surface area contributed by atoms with E-state index in [9.17, 15) is 14.4 Å². The summed E-state index contributed by atoms with van der Waals surface area (Å²) < 4.78 is 5.12. The normalized spacial score (nSPS) is 14.1. The predicted octanol–water partition coefficient (Wildman–Crippen LogP) is 3.73. The smallest absolute Gasteiger partial charge is 0.291 e. The van der Waals surface area contributed by atoms with Gasteiger partial charge >= 0.3 is 0 Å². The fourth-order valence-corrected chi connectivity index (χ4v) is 3.69. The van der Waals surface area contributed by atoms with Gasteiger partial charge in [0.15, 0.2) is 5.76 Å². The minimum Gasteiger partial charge on any atom is -0.459 e. The van der Waals surface area contributed by atoms with Crippen LogP contribution in [0.5, 0.6) is 0 Å². The van der Waals surface area contributed by atoms with E-state index in [-0.39, 0.29) is 29.4 Å². The second-order valence-electron chi connectivity index (χ2n) is 7.75. The van der Waals surface area contributed by atoms with Crippen LogP contribution in [-0.4, -0.2) is 40.7 Å². The minimum absolute atomic E-state index is 0.0402. The number of aryl methyl sites for hydroxylation is 1. The lowest BCUT2D eigenvalue weighted by atomic mass is 9.95. The molecule has 0 bridgehead atoms. The van der Waals surface area contributed by atoms with Crippen LogP contribution >= 0.6 is 0 Å². The maximum Gasteiger partial charge on any atom is 0.291 e. The van der Waals surface area contributed by atoms with Gasteiger partial charge in [0.25, 0.3) is 11.8 Å². The highest BCUT2D eigenvalue weighted by molar-refractivity contribution is 6.04. The molecule has 4 rings (SSSR count). The van der Waals surface area contributed by atoms with Crippen molar-refractivity contribution < 1.29 is 18.8 Å². The third-order valence-electron chi connectivity index (χ3n) is 5.58. The number of nitrogens with one attached hydrogen (secondary N) is 2. The highest BCUT2D eigenvalue weighted by Gasteiger charge is 2.28. The molecule has 0 saturated carbocycles. The molecule has 1 aliphatic heterocycles. The quantitative estimate of drug-likeness (QED) is 0.639. The Labute approximate surface area is 185 Å². The Morgan fingerprint density at radius 1 is 1.03 bits per heavy atom. The van der Waals surface area contributed by atoms with Crippen LogP contribution in [0.15, 0.2) is 65.5 Å².